The number of carbonyl (C=O) groups excluding carboxylic acids is 1. The summed E-state index contributed by atoms with van der Waals surface area (Å²) in [7, 11) is 0. The van der Waals surface area contributed by atoms with E-state index in [1.165, 1.54) is 0 Å². The highest BCUT2D eigenvalue weighted by Crippen LogP contribution is 2.31. The van der Waals surface area contributed by atoms with E-state index in [4.69, 9.17) is 0 Å². The molecule has 1 aromatic carbocycles. The van der Waals surface area contributed by atoms with Gasteiger partial charge in [-0.1, -0.05) is 0 Å². The molecule has 10 heteroatoms. The second-order valence-corrected chi connectivity index (χ2v) is 4.58. The maximum absolute atomic E-state index is 13.4. The standard InChI is InChI=1S/C14H11F5N4O/c1-2-21-10-3-8(15)9(16)4-11(10)23-13(24)7-5-20-6-22-12(7)14(17,18)19/h3-6,21H,2H2,1H3,(H,23,24). The number of rotatable bonds is 4. The molecule has 1 aromatic heterocycles. The number of nitrogens with one attached hydrogen (secondary N) is 2. The number of hydrogen-bond donors (Lipinski definition) is 2. The van der Waals surface area contributed by atoms with Gasteiger partial charge in [0.05, 0.1) is 16.9 Å². The fourth-order valence-electron chi connectivity index (χ4n) is 1.90. The van der Waals surface area contributed by atoms with Crippen LogP contribution in [-0.4, -0.2) is 22.4 Å². The smallest absolute Gasteiger partial charge is 0.384 e. The molecule has 0 fully saturated rings. The van der Waals surface area contributed by atoms with E-state index in [2.05, 4.69) is 20.6 Å². The maximum atomic E-state index is 13.4. The van der Waals surface area contributed by atoms with Gasteiger partial charge in [-0.3, -0.25) is 4.79 Å². The molecule has 0 aliphatic heterocycles. The minimum atomic E-state index is -4.87. The molecular weight excluding hydrogens is 335 g/mol. The van der Waals surface area contributed by atoms with Crippen LogP contribution in [0.15, 0.2) is 24.7 Å². The third-order valence-corrected chi connectivity index (χ3v) is 2.90. The summed E-state index contributed by atoms with van der Waals surface area (Å²) in [5.41, 5.74) is -2.45. The minimum Gasteiger partial charge on any atom is -0.384 e. The van der Waals surface area contributed by atoms with E-state index in [9.17, 15) is 26.7 Å². The van der Waals surface area contributed by atoms with Gasteiger partial charge < -0.3 is 10.6 Å². The van der Waals surface area contributed by atoms with Gasteiger partial charge in [-0.2, -0.15) is 13.2 Å². The molecule has 0 saturated carbocycles. The monoisotopic (exact) mass is 346 g/mol. The van der Waals surface area contributed by atoms with E-state index in [1.54, 1.807) is 6.92 Å². The van der Waals surface area contributed by atoms with Crippen molar-refractivity contribution in [2.75, 3.05) is 17.2 Å². The number of anilines is 2. The molecule has 1 amide bonds. The second kappa shape index (κ2) is 6.77. The van der Waals surface area contributed by atoms with Crippen LogP contribution < -0.4 is 10.6 Å². The van der Waals surface area contributed by atoms with Crippen LogP contribution in [0, 0.1) is 11.6 Å². The molecule has 0 spiro atoms. The number of aromatic nitrogens is 2. The molecule has 0 saturated heterocycles. The van der Waals surface area contributed by atoms with Crippen molar-refractivity contribution >= 4 is 17.3 Å². The molecule has 24 heavy (non-hydrogen) atoms. The van der Waals surface area contributed by atoms with Crippen molar-refractivity contribution in [2.45, 2.75) is 13.1 Å². The lowest BCUT2D eigenvalue weighted by Gasteiger charge is -2.14. The molecule has 2 rings (SSSR count). The summed E-state index contributed by atoms with van der Waals surface area (Å²) >= 11 is 0. The summed E-state index contributed by atoms with van der Waals surface area (Å²) in [5, 5.41) is 4.78. The fraction of sp³-hybridized carbons (Fsp3) is 0.214. The highest BCUT2D eigenvalue weighted by atomic mass is 19.4. The lowest BCUT2D eigenvalue weighted by Crippen LogP contribution is -2.21. The highest BCUT2D eigenvalue weighted by Gasteiger charge is 2.37. The van der Waals surface area contributed by atoms with Gasteiger partial charge in [0.15, 0.2) is 17.3 Å². The minimum absolute atomic E-state index is 0.0233. The Morgan fingerprint density at radius 3 is 2.38 bits per heavy atom. The van der Waals surface area contributed by atoms with E-state index in [-0.39, 0.29) is 11.4 Å². The zero-order valence-corrected chi connectivity index (χ0v) is 12.2. The topological polar surface area (TPSA) is 66.9 Å². The Morgan fingerprint density at radius 2 is 1.79 bits per heavy atom. The zero-order chi connectivity index (χ0) is 17.9. The summed E-state index contributed by atoms with van der Waals surface area (Å²) in [6.45, 7) is 1.98. The third kappa shape index (κ3) is 3.76. The summed E-state index contributed by atoms with van der Waals surface area (Å²) in [6, 6.07) is 1.46. The van der Waals surface area contributed by atoms with Crippen LogP contribution in [0.1, 0.15) is 23.0 Å². The normalized spacial score (nSPS) is 11.2. The Balaban J connectivity index is 2.39. The number of nitrogens with zero attached hydrogens (tertiary/aromatic N) is 2. The first kappa shape index (κ1) is 17.6. The van der Waals surface area contributed by atoms with Gasteiger partial charge in [0, 0.05) is 24.9 Å². The largest absolute Gasteiger partial charge is 0.434 e. The van der Waals surface area contributed by atoms with E-state index in [0.717, 1.165) is 6.07 Å². The van der Waals surface area contributed by atoms with E-state index in [0.29, 0.717) is 25.1 Å². The molecule has 2 aromatic rings. The predicted octanol–water partition coefficient (Wildman–Crippen LogP) is 3.46. The number of alkyl halides is 3. The maximum Gasteiger partial charge on any atom is 0.434 e. The van der Waals surface area contributed by atoms with Crippen molar-refractivity contribution in [3.63, 3.8) is 0 Å². The van der Waals surface area contributed by atoms with E-state index >= 15 is 0 Å². The number of halogens is 5. The van der Waals surface area contributed by atoms with Gasteiger partial charge >= 0.3 is 6.18 Å². The van der Waals surface area contributed by atoms with Crippen molar-refractivity contribution in [1.82, 2.24) is 9.97 Å². The Bertz CT molecular complexity index is 763. The van der Waals surface area contributed by atoms with Crippen molar-refractivity contribution in [3.05, 3.63) is 47.5 Å². The first-order valence-corrected chi connectivity index (χ1v) is 6.65. The summed E-state index contributed by atoms with van der Waals surface area (Å²) in [4.78, 5) is 18.5. The van der Waals surface area contributed by atoms with Crippen molar-refractivity contribution in [3.8, 4) is 0 Å². The van der Waals surface area contributed by atoms with Gasteiger partial charge in [-0.05, 0) is 6.92 Å². The Labute approximate surface area is 132 Å². The summed E-state index contributed by atoms with van der Waals surface area (Å²) < 4.78 is 65.2. The van der Waals surface area contributed by atoms with Crippen LogP contribution in [0.25, 0.3) is 0 Å². The predicted molar refractivity (Wildman–Crippen MR) is 75.5 cm³/mol. The van der Waals surface area contributed by atoms with Crippen LogP contribution in [0.3, 0.4) is 0 Å². The molecule has 0 bridgehead atoms. The molecule has 2 N–H and O–H groups in total. The van der Waals surface area contributed by atoms with Gasteiger partial charge in [-0.15, -0.1) is 0 Å². The molecule has 1 heterocycles. The van der Waals surface area contributed by atoms with Gasteiger partial charge in [-0.25, -0.2) is 18.7 Å². The average molecular weight is 346 g/mol. The lowest BCUT2D eigenvalue weighted by molar-refractivity contribution is -0.141. The van der Waals surface area contributed by atoms with E-state index < -0.39 is 35.0 Å². The highest BCUT2D eigenvalue weighted by molar-refractivity contribution is 6.06. The second-order valence-electron chi connectivity index (χ2n) is 4.58. The van der Waals surface area contributed by atoms with Gasteiger partial charge in [0.1, 0.15) is 6.33 Å². The first-order chi connectivity index (χ1) is 11.2. The van der Waals surface area contributed by atoms with E-state index in [1.807, 2.05) is 0 Å². The molecule has 0 atom stereocenters. The molecule has 0 unspecified atom stereocenters. The number of hydrogen-bond acceptors (Lipinski definition) is 4. The Kier molecular flexibility index (Phi) is 4.96. The van der Waals surface area contributed by atoms with Crippen LogP contribution in [0.4, 0.5) is 33.3 Å². The van der Waals surface area contributed by atoms with Crippen molar-refractivity contribution < 1.29 is 26.7 Å². The third-order valence-electron chi connectivity index (χ3n) is 2.90. The Morgan fingerprint density at radius 1 is 1.17 bits per heavy atom. The molecule has 5 nitrogen and oxygen atoms in total. The number of benzene rings is 1. The quantitative estimate of drug-likeness (QED) is 0.832. The van der Waals surface area contributed by atoms with Gasteiger partial charge in [0.2, 0.25) is 0 Å². The molecule has 0 aliphatic rings. The molecule has 128 valence electrons. The SMILES string of the molecule is CCNc1cc(F)c(F)cc1NC(=O)c1cncnc1C(F)(F)F. The van der Waals surface area contributed by atoms with Crippen LogP contribution in [-0.2, 0) is 6.18 Å². The van der Waals surface area contributed by atoms with Crippen molar-refractivity contribution in [2.24, 2.45) is 0 Å². The summed E-state index contributed by atoms with van der Waals surface area (Å²) in [5.74, 6) is -3.62. The fourth-order valence-corrected chi connectivity index (χ4v) is 1.90. The van der Waals surface area contributed by atoms with Crippen LogP contribution >= 0.6 is 0 Å². The molecule has 0 radical (unpaired) electrons. The van der Waals surface area contributed by atoms with Crippen molar-refractivity contribution in [1.29, 1.82) is 0 Å². The number of carbonyl (C=O) groups is 1. The molecular formula is C14H11F5N4O. The molecule has 0 aliphatic carbocycles. The van der Waals surface area contributed by atoms with Crippen LogP contribution in [0.2, 0.25) is 0 Å². The average Bonchev–Trinajstić information content (AvgIpc) is 2.51. The lowest BCUT2D eigenvalue weighted by atomic mass is 10.2. The Hall–Kier alpha value is -2.78. The summed E-state index contributed by atoms with van der Waals surface area (Å²) in [6.07, 6.45) is -3.52. The first-order valence-electron chi connectivity index (χ1n) is 6.65. The zero-order valence-electron chi connectivity index (χ0n) is 12.2. The van der Waals surface area contributed by atoms with Crippen LogP contribution in [0.5, 0.6) is 0 Å². The van der Waals surface area contributed by atoms with Gasteiger partial charge in [0.25, 0.3) is 5.91 Å². The number of amides is 1.